The number of nitrogens with zero attached hydrogens (tertiary/aromatic N) is 1. The van der Waals surface area contributed by atoms with Gasteiger partial charge in [-0.1, -0.05) is 12.1 Å². The van der Waals surface area contributed by atoms with Gasteiger partial charge in [-0.3, -0.25) is 14.6 Å². The number of pyridine rings is 1. The van der Waals surface area contributed by atoms with Crippen LogP contribution in [0, 0.1) is 0 Å². The lowest BCUT2D eigenvalue weighted by Crippen LogP contribution is -2.07. The van der Waals surface area contributed by atoms with E-state index in [1.165, 1.54) is 6.26 Å². The van der Waals surface area contributed by atoms with Crippen LogP contribution in [0.1, 0.15) is 10.4 Å². The summed E-state index contributed by atoms with van der Waals surface area (Å²) in [5.74, 6) is 0. The molecule has 3 rings (SSSR count). The Morgan fingerprint density at radius 3 is 2.79 bits per heavy atom. The van der Waals surface area contributed by atoms with Crippen LogP contribution in [-0.4, -0.2) is 11.3 Å². The van der Waals surface area contributed by atoms with Crippen LogP contribution >= 0.6 is 0 Å². The SMILES string of the molecule is O=Cc1coc2cc(-c3cccnc3)ccc2c1=O. The number of rotatable bonds is 2. The van der Waals surface area contributed by atoms with Gasteiger partial charge in [0.15, 0.2) is 6.29 Å². The van der Waals surface area contributed by atoms with E-state index in [0.29, 0.717) is 17.3 Å². The van der Waals surface area contributed by atoms with Crippen LogP contribution in [0.2, 0.25) is 0 Å². The molecule has 92 valence electrons. The van der Waals surface area contributed by atoms with E-state index in [4.69, 9.17) is 4.42 Å². The molecular formula is C15H9NO3. The molecule has 0 N–H and O–H groups in total. The number of hydrogen-bond donors (Lipinski definition) is 0. The van der Waals surface area contributed by atoms with Crippen molar-refractivity contribution < 1.29 is 9.21 Å². The Hall–Kier alpha value is -2.75. The highest BCUT2D eigenvalue weighted by molar-refractivity contribution is 5.86. The number of fused-ring (bicyclic) bond motifs is 1. The van der Waals surface area contributed by atoms with Gasteiger partial charge in [0.25, 0.3) is 0 Å². The van der Waals surface area contributed by atoms with E-state index in [2.05, 4.69) is 4.98 Å². The summed E-state index contributed by atoms with van der Waals surface area (Å²) in [7, 11) is 0. The third kappa shape index (κ3) is 1.93. The maximum absolute atomic E-state index is 11.9. The highest BCUT2D eigenvalue weighted by atomic mass is 16.3. The largest absolute Gasteiger partial charge is 0.463 e. The van der Waals surface area contributed by atoms with Crippen molar-refractivity contribution >= 4 is 17.3 Å². The lowest BCUT2D eigenvalue weighted by Gasteiger charge is -2.02. The highest BCUT2D eigenvalue weighted by Gasteiger charge is 2.07. The minimum atomic E-state index is -0.311. The van der Waals surface area contributed by atoms with E-state index in [1.54, 1.807) is 24.5 Å². The van der Waals surface area contributed by atoms with E-state index in [9.17, 15) is 9.59 Å². The fourth-order valence-electron chi connectivity index (χ4n) is 1.94. The number of aldehydes is 1. The maximum Gasteiger partial charge on any atom is 0.203 e. The zero-order valence-electron chi connectivity index (χ0n) is 9.87. The summed E-state index contributed by atoms with van der Waals surface area (Å²) < 4.78 is 5.32. The molecule has 0 saturated carbocycles. The average Bonchev–Trinajstić information content (AvgIpc) is 2.48. The van der Waals surface area contributed by atoms with Crippen molar-refractivity contribution in [2.45, 2.75) is 0 Å². The summed E-state index contributed by atoms with van der Waals surface area (Å²) in [5.41, 5.74) is 2.02. The molecule has 0 fully saturated rings. The van der Waals surface area contributed by atoms with Crippen molar-refractivity contribution in [1.82, 2.24) is 4.98 Å². The van der Waals surface area contributed by atoms with E-state index in [0.717, 1.165) is 11.1 Å². The van der Waals surface area contributed by atoms with Crippen LogP contribution in [0.15, 0.2) is 58.2 Å². The molecule has 0 atom stereocenters. The molecule has 0 spiro atoms. The highest BCUT2D eigenvalue weighted by Crippen LogP contribution is 2.22. The van der Waals surface area contributed by atoms with Gasteiger partial charge in [-0.25, -0.2) is 0 Å². The van der Waals surface area contributed by atoms with Crippen LogP contribution in [0.25, 0.3) is 22.1 Å². The first-order valence-electron chi connectivity index (χ1n) is 5.71. The van der Waals surface area contributed by atoms with Gasteiger partial charge in [0, 0.05) is 18.0 Å². The summed E-state index contributed by atoms with van der Waals surface area (Å²) in [6.45, 7) is 0. The summed E-state index contributed by atoms with van der Waals surface area (Å²) in [6, 6.07) is 9.00. The first-order valence-corrected chi connectivity index (χ1v) is 5.71. The van der Waals surface area contributed by atoms with Gasteiger partial charge in [-0.2, -0.15) is 0 Å². The normalized spacial score (nSPS) is 10.5. The summed E-state index contributed by atoms with van der Waals surface area (Å²) in [6.07, 6.45) is 5.12. The molecule has 2 aromatic heterocycles. The number of aromatic nitrogens is 1. The number of benzene rings is 1. The van der Waals surface area contributed by atoms with Crippen LogP contribution in [0.4, 0.5) is 0 Å². The number of carbonyl (C=O) groups excluding carboxylic acids is 1. The van der Waals surface area contributed by atoms with E-state index in [1.807, 2.05) is 18.2 Å². The van der Waals surface area contributed by atoms with Gasteiger partial charge in [-0.05, 0) is 23.8 Å². The zero-order chi connectivity index (χ0) is 13.2. The Bertz CT molecular complexity index is 806. The molecule has 1 aromatic carbocycles. The van der Waals surface area contributed by atoms with Crippen LogP contribution < -0.4 is 5.43 Å². The van der Waals surface area contributed by atoms with Crippen LogP contribution in [0.3, 0.4) is 0 Å². The van der Waals surface area contributed by atoms with E-state index < -0.39 is 0 Å². The van der Waals surface area contributed by atoms with E-state index >= 15 is 0 Å². The summed E-state index contributed by atoms with van der Waals surface area (Å²) in [4.78, 5) is 26.6. The fourth-order valence-corrected chi connectivity index (χ4v) is 1.94. The maximum atomic E-state index is 11.9. The topological polar surface area (TPSA) is 60.2 Å². The molecule has 19 heavy (non-hydrogen) atoms. The Morgan fingerprint density at radius 2 is 2.05 bits per heavy atom. The van der Waals surface area contributed by atoms with Crippen molar-refractivity contribution in [2.75, 3.05) is 0 Å². The minimum absolute atomic E-state index is 0.0293. The molecule has 0 saturated heterocycles. The summed E-state index contributed by atoms with van der Waals surface area (Å²) in [5, 5.41) is 0.400. The molecule has 0 aliphatic rings. The third-order valence-corrected chi connectivity index (χ3v) is 2.92. The predicted octanol–water partition coefficient (Wildman–Crippen LogP) is 2.67. The molecule has 0 aliphatic heterocycles. The smallest absolute Gasteiger partial charge is 0.203 e. The van der Waals surface area contributed by atoms with Crippen molar-refractivity contribution in [3.63, 3.8) is 0 Å². The second kappa shape index (κ2) is 4.49. The Morgan fingerprint density at radius 1 is 1.16 bits per heavy atom. The van der Waals surface area contributed by atoms with Gasteiger partial charge in [0.2, 0.25) is 5.43 Å². The van der Waals surface area contributed by atoms with Crippen molar-refractivity contribution in [3.8, 4) is 11.1 Å². The number of carbonyl (C=O) groups is 1. The van der Waals surface area contributed by atoms with Crippen molar-refractivity contribution in [1.29, 1.82) is 0 Å². The molecular weight excluding hydrogens is 242 g/mol. The van der Waals surface area contributed by atoms with Crippen molar-refractivity contribution in [2.24, 2.45) is 0 Å². The minimum Gasteiger partial charge on any atom is -0.463 e. The molecule has 2 heterocycles. The second-order valence-corrected chi connectivity index (χ2v) is 4.09. The predicted molar refractivity (Wildman–Crippen MR) is 71.1 cm³/mol. The van der Waals surface area contributed by atoms with Gasteiger partial charge in [-0.15, -0.1) is 0 Å². The first kappa shape index (κ1) is 11.3. The lowest BCUT2D eigenvalue weighted by atomic mass is 10.1. The molecule has 0 aliphatic carbocycles. The van der Waals surface area contributed by atoms with Gasteiger partial charge in [0.05, 0.1) is 10.9 Å². The Labute approximate surface area is 108 Å². The quantitative estimate of drug-likeness (QED) is 0.657. The first-order chi connectivity index (χ1) is 9.29. The monoisotopic (exact) mass is 251 g/mol. The molecule has 0 bridgehead atoms. The van der Waals surface area contributed by atoms with Gasteiger partial charge in [0.1, 0.15) is 11.8 Å². The average molecular weight is 251 g/mol. The third-order valence-electron chi connectivity index (χ3n) is 2.92. The molecule has 0 radical (unpaired) electrons. The Balaban J connectivity index is 2.23. The van der Waals surface area contributed by atoms with Crippen LogP contribution in [-0.2, 0) is 0 Å². The van der Waals surface area contributed by atoms with Gasteiger partial charge >= 0.3 is 0 Å². The number of hydrogen-bond acceptors (Lipinski definition) is 4. The Kier molecular flexibility index (Phi) is 2.68. The van der Waals surface area contributed by atoms with Gasteiger partial charge < -0.3 is 4.42 Å². The summed E-state index contributed by atoms with van der Waals surface area (Å²) >= 11 is 0. The van der Waals surface area contributed by atoms with Crippen LogP contribution in [0.5, 0.6) is 0 Å². The molecule has 4 nitrogen and oxygen atoms in total. The molecule has 0 amide bonds. The fraction of sp³-hybridized carbons (Fsp3) is 0. The molecule has 3 aromatic rings. The lowest BCUT2D eigenvalue weighted by molar-refractivity contribution is 0.112. The second-order valence-electron chi connectivity index (χ2n) is 4.09. The van der Waals surface area contributed by atoms with Crippen molar-refractivity contribution in [3.05, 3.63) is 64.8 Å². The zero-order valence-corrected chi connectivity index (χ0v) is 9.87. The molecule has 4 heteroatoms. The standard InChI is InChI=1S/C15H9NO3/c17-8-12-9-19-14-6-10(3-4-13(14)15(12)18)11-2-1-5-16-7-11/h1-9H. The molecule has 0 unspecified atom stereocenters. The van der Waals surface area contributed by atoms with E-state index in [-0.39, 0.29) is 11.0 Å².